The van der Waals surface area contributed by atoms with E-state index >= 15 is 0 Å². The summed E-state index contributed by atoms with van der Waals surface area (Å²) in [5.41, 5.74) is 0.407. The minimum atomic E-state index is -0.335. The maximum atomic E-state index is 13.9. The van der Waals surface area contributed by atoms with Crippen LogP contribution < -0.4 is 5.32 Å². The summed E-state index contributed by atoms with van der Waals surface area (Å²) < 4.78 is 15.6. The van der Waals surface area contributed by atoms with Crippen molar-refractivity contribution in [3.8, 4) is 11.4 Å². The summed E-state index contributed by atoms with van der Waals surface area (Å²) in [6.45, 7) is 2.20. The van der Waals surface area contributed by atoms with E-state index in [-0.39, 0.29) is 23.5 Å². The molecule has 0 spiro atoms. The highest BCUT2D eigenvalue weighted by atomic mass is 32.2. The second-order valence-corrected chi connectivity index (χ2v) is 7.51. The number of rotatable bonds is 5. The number of hydrogen-bond acceptors (Lipinski definition) is 4. The van der Waals surface area contributed by atoms with Gasteiger partial charge in [0.05, 0.1) is 11.3 Å². The number of halogens is 1. The zero-order valence-corrected chi connectivity index (χ0v) is 15.4. The average Bonchev–Trinajstić information content (AvgIpc) is 2.96. The van der Waals surface area contributed by atoms with Gasteiger partial charge in [0, 0.05) is 13.1 Å². The summed E-state index contributed by atoms with van der Waals surface area (Å²) in [5.74, 6) is 0.955. The molecule has 1 aliphatic carbocycles. The molecule has 1 aromatic carbocycles. The molecular weight excluding hydrogens is 339 g/mol. The van der Waals surface area contributed by atoms with E-state index in [2.05, 4.69) is 22.4 Å². The number of nitrogens with one attached hydrogen (secondary N) is 1. The molecule has 0 bridgehead atoms. The van der Waals surface area contributed by atoms with Crippen molar-refractivity contribution < 1.29 is 9.18 Å². The highest BCUT2D eigenvalue weighted by molar-refractivity contribution is 7.99. The van der Waals surface area contributed by atoms with Crippen LogP contribution in [0.3, 0.4) is 0 Å². The molecule has 0 radical (unpaired) electrons. The van der Waals surface area contributed by atoms with Gasteiger partial charge in [-0.05, 0) is 30.9 Å². The van der Waals surface area contributed by atoms with Crippen molar-refractivity contribution in [1.82, 2.24) is 20.1 Å². The lowest BCUT2D eigenvalue weighted by molar-refractivity contribution is -0.119. The maximum absolute atomic E-state index is 13.9. The molecule has 2 aromatic rings. The summed E-state index contributed by atoms with van der Waals surface area (Å²) in [5, 5.41) is 11.9. The summed E-state index contributed by atoms with van der Waals surface area (Å²) in [6.07, 6.45) is 4.66. The van der Waals surface area contributed by atoms with Crippen LogP contribution in [0, 0.1) is 11.7 Å². The largest absolute Gasteiger partial charge is 0.352 e. The van der Waals surface area contributed by atoms with Crippen molar-refractivity contribution in [1.29, 1.82) is 0 Å². The van der Waals surface area contributed by atoms with E-state index in [1.54, 1.807) is 29.8 Å². The van der Waals surface area contributed by atoms with E-state index in [0.717, 1.165) is 6.42 Å². The van der Waals surface area contributed by atoms with Crippen LogP contribution in [-0.4, -0.2) is 32.5 Å². The SMILES string of the molecule is C[C@@H]1CCCC[C@@H]1NC(=O)CSc1nnc(-c2ccccc2F)n1C. The Morgan fingerprint density at radius 3 is 2.84 bits per heavy atom. The van der Waals surface area contributed by atoms with Crippen molar-refractivity contribution in [3.63, 3.8) is 0 Å². The minimum Gasteiger partial charge on any atom is -0.352 e. The summed E-state index contributed by atoms with van der Waals surface area (Å²) >= 11 is 1.32. The Bertz CT molecular complexity index is 748. The number of aromatic nitrogens is 3. The molecule has 1 aromatic heterocycles. The molecular formula is C18H23FN4OS. The van der Waals surface area contributed by atoms with Gasteiger partial charge in [-0.3, -0.25) is 4.79 Å². The third-order valence-corrected chi connectivity index (χ3v) is 5.76. The highest BCUT2D eigenvalue weighted by Crippen LogP contribution is 2.26. The first-order chi connectivity index (χ1) is 12.1. The molecule has 0 saturated heterocycles. The van der Waals surface area contributed by atoms with Crippen LogP contribution in [0.15, 0.2) is 29.4 Å². The van der Waals surface area contributed by atoms with Crippen LogP contribution >= 0.6 is 11.8 Å². The third-order valence-electron chi connectivity index (χ3n) is 4.74. The summed E-state index contributed by atoms with van der Waals surface area (Å²) in [4.78, 5) is 12.2. The van der Waals surface area contributed by atoms with Crippen LogP contribution in [-0.2, 0) is 11.8 Å². The van der Waals surface area contributed by atoms with E-state index in [9.17, 15) is 9.18 Å². The monoisotopic (exact) mass is 362 g/mol. The molecule has 134 valence electrons. The van der Waals surface area contributed by atoms with Crippen LogP contribution in [0.2, 0.25) is 0 Å². The Labute approximate surface area is 151 Å². The van der Waals surface area contributed by atoms with Crippen molar-refractivity contribution >= 4 is 17.7 Å². The number of carbonyl (C=O) groups excluding carboxylic acids is 1. The van der Waals surface area contributed by atoms with Crippen molar-refractivity contribution in [2.24, 2.45) is 13.0 Å². The first-order valence-electron chi connectivity index (χ1n) is 8.62. The first kappa shape index (κ1) is 17.9. The lowest BCUT2D eigenvalue weighted by Gasteiger charge is -2.29. The average molecular weight is 362 g/mol. The van der Waals surface area contributed by atoms with Crippen molar-refractivity contribution in [3.05, 3.63) is 30.1 Å². The number of carbonyl (C=O) groups is 1. The van der Waals surface area contributed by atoms with Crippen molar-refractivity contribution in [2.75, 3.05) is 5.75 Å². The molecule has 1 fully saturated rings. The van der Waals surface area contributed by atoms with Crippen molar-refractivity contribution in [2.45, 2.75) is 43.8 Å². The molecule has 1 heterocycles. The van der Waals surface area contributed by atoms with Gasteiger partial charge in [0.2, 0.25) is 5.91 Å². The Kier molecular flexibility index (Phi) is 5.73. The number of amides is 1. The first-order valence-corrected chi connectivity index (χ1v) is 9.61. The molecule has 0 unspecified atom stereocenters. The number of thioether (sulfide) groups is 1. The summed E-state index contributed by atoms with van der Waals surface area (Å²) in [6, 6.07) is 6.75. The van der Waals surface area contributed by atoms with Gasteiger partial charge in [-0.25, -0.2) is 4.39 Å². The molecule has 7 heteroatoms. The molecule has 5 nitrogen and oxygen atoms in total. The van der Waals surface area contributed by atoms with E-state index in [0.29, 0.717) is 22.5 Å². The van der Waals surface area contributed by atoms with Gasteiger partial charge in [0.1, 0.15) is 5.82 Å². The van der Waals surface area contributed by atoms with Gasteiger partial charge in [0.25, 0.3) is 0 Å². The van der Waals surface area contributed by atoms with Gasteiger partial charge >= 0.3 is 0 Å². The fourth-order valence-electron chi connectivity index (χ4n) is 3.23. The van der Waals surface area contributed by atoms with Crippen LogP contribution in [0.1, 0.15) is 32.6 Å². The fraction of sp³-hybridized carbons (Fsp3) is 0.500. The van der Waals surface area contributed by atoms with Gasteiger partial charge in [0.15, 0.2) is 11.0 Å². The minimum absolute atomic E-state index is 0.0131. The normalized spacial score (nSPS) is 20.4. The zero-order valence-electron chi connectivity index (χ0n) is 14.5. The molecule has 25 heavy (non-hydrogen) atoms. The van der Waals surface area contributed by atoms with Gasteiger partial charge < -0.3 is 9.88 Å². The van der Waals surface area contributed by atoms with E-state index in [1.165, 1.54) is 37.1 Å². The number of benzene rings is 1. The second-order valence-electron chi connectivity index (χ2n) is 6.57. The highest BCUT2D eigenvalue weighted by Gasteiger charge is 2.23. The number of nitrogens with zero attached hydrogens (tertiary/aromatic N) is 3. The predicted octanol–water partition coefficient (Wildman–Crippen LogP) is 3.41. The van der Waals surface area contributed by atoms with E-state index in [4.69, 9.17) is 0 Å². The van der Waals surface area contributed by atoms with Gasteiger partial charge in [-0.1, -0.05) is 43.7 Å². The Morgan fingerprint density at radius 1 is 1.32 bits per heavy atom. The molecule has 1 aliphatic rings. The number of hydrogen-bond donors (Lipinski definition) is 1. The van der Waals surface area contributed by atoms with E-state index in [1.807, 2.05) is 0 Å². The van der Waals surface area contributed by atoms with Crippen LogP contribution in [0.25, 0.3) is 11.4 Å². The topological polar surface area (TPSA) is 59.8 Å². The lowest BCUT2D eigenvalue weighted by atomic mass is 9.86. The fourth-order valence-corrected chi connectivity index (χ4v) is 3.95. The van der Waals surface area contributed by atoms with Gasteiger partial charge in [-0.2, -0.15) is 0 Å². The summed E-state index contributed by atoms with van der Waals surface area (Å²) in [7, 11) is 1.78. The van der Waals surface area contributed by atoms with Gasteiger partial charge in [-0.15, -0.1) is 10.2 Å². The zero-order chi connectivity index (χ0) is 17.8. The second kappa shape index (κ2) is 7.99. The molecule has 2 atom stereocenters. The quantitative estimate of drug-likeness (QED) is 0.828. The van der Waals surface area contributed by atoms with E-state index < -0.39 is 0 Å². The molecule has 0 aliphatic heterocycles. The molecule has 1 saturated carbocycles. The third kappa shape index (κ3) is 4.21. The van der Waals surface area contributed by atoms with Crippen LogP contribution in [0.4, 0.5) is 4.39 Å². The predicted molar refractivity (Wildman–Crippen MR) is 96.7 cm³/mol. The lowest BCUT2D eigenvalue weighted by Crippen LogP contribution is -2.41. The Balaban J connectivity index is 1.60. The molecule has 3 rings (SSSR count). The molecule has 1 amide bonds. The van der Waals surface area contributed by atoms with Crippen LogP contribution in [0.5, 0.6) is 0 Å². The smallest absolute Gasteiger partial charge is 0.230 e. The molecule has 1 N–H and O–H groups in total. The Hall–Kier alpha value is -1.89. The standard InChI is InChI=1S/C18H23FN4OS/c1-12-7-3-6-10-15(12)20-16(24)11-25-18-22-21-17(23(18)2)13-8-4-5-9-14(13)19/h4-5,8-9,12,15H,3,6-7,10-11H2,1-2H3,(H,20,24)/t12-,15+/m1/s1. The maximum Gasteiger partial charge on any atom is 0.230 e. The Morgan fingerprint density at radius 2 is 2.08 bits per heavy atom.